The summed E-state index contributed by atoms with van der Waals surface area (Å²) in [5.74, 6) is 0.573. The third kappa shape index (κ3) is 7.47. The number of Topliss-reactive ketones (excluding diaryl/α,β-unsaturated/α-hetero) is 1. The van der Waals surface area contributed by atoms with Gasteiger partial charge in [0.25, 0.3) is 5.56 Å². The number of nitrogens with zero attached hydrogens (tertiary/aromatic N) is 3. The Labute approximate surface area is 250 Å². The molecule has 0 aliphatic heterocycles. The summed E-state index contributed by atoms with van der Waals surface area (Å²) in [5.41, 5.74) is 0.803. The van der Waals surface area contributed by atoms with Gasteiger partial charge in [0.1, 0.15) is 29.5 Å². The van der Waals surface area contributed by atoms with Crippen LogP contribution in [0.4, 0.5) is 5.69 Å². The van der Waals surface area contributed by atoms with Crippen molar-refractivity contribution in [2.75, 3.05) is 11.9 Å². The van der Waals surface area contributed by atoms with Crippen LogP contribution in [0.1, 0.15) is 56.1 Å². The first-order valence-corrected chi connectivity index (χ1v) is 14.1. The minimum Gasteiger partial charge on any atom is -0.493 e. The smallest absolute Gasteiger partial charge is 0.295 e. The van der Waals surface area contributed by atoms with Gasteiger partial charge in [-0.3, -0.25) is 24.0 Å². The van der Waals surface area contributed by atoms with Gasteiger partial charge in [0.05, 0.1) is 24.1 Å². The van der Waals surface area contributed by atoms with E-state index in [2.05, 4.69) is 10.3 Å². The summed E-state index contributed by atoms with van der Waals surface area (Å²) in [6.07, 6.45) is 3.96. The molecule has 10 heteroatoms. The van der Waals surface area contributed by atoms with Crippen molar-refractivity contribution in [2.24, 2.45) is 12.5 Å². The molecule has 0 radical (unpaired) electrons. The maximum absolute atomic E-state index is 13.6. The normalized spacial score (nSPS) is 11.3. The summed E-state index contributed by atoms with van der Waals surface area (Å²) in [4.78, 5) is 44.0. The van der Waals surface area contributed by atoms with E-state index in [1.165, 1.54) is 4.68 Å². The molecular formula is C32H35ClN4O5. The Morgan fingerprint density at radius 3 is 2.50 bits per heavy atom. The molecule has 4 aromatic rings. The number of amides is 1. The van der Waals surface area contributed by atoms with Gasteiger partial charge in [-0.1, -0.05) is 43.6 Å². The number of para-hydroxylation sites is 1. The summed E-state index contributed by atoms with van der Waals surface area (Å²) in [6, 6.07) is 17.7. The van der Waals surface area contributed by atoms with E-state index in [0.29, 0.717) is 46.5 Å². The number of ketones is 1. The first-order chi connectivity index (χ1) is 20.1. The number of halogens is 1. The topological polar surface area (TPSA) is 104 Å². The van der Waals surface area contributed by atoms with E-state index in [-0.39, 0.29) is 42.4 Å². The number of ether oxygens (including phenoxy) is 2. The third-order valence-electron chi connectivity index (χ3n) is 6.87. The number of rotatable bonds is 13. The van der Waals surface area contributed by atoms with Crippen LogP contribution in [0.25, 0.3) is 5.69 Å². The number of pyridine rings is 1. The van der Waals surface area contributed by atoms with E-state index < -0.39 is 5.41 Å². The number of anilines is 1. The first kappa shape index (κ1) is 30.6. The average molecular weight is 591 g/mol. The zero-order valence-corrected chi connectivity index (χ0v) is 25.0. The fourth-order valence-corrected chi connectivity index (χ4v) is 4.85. The van der Waals surface area contributed by atoms with Gasteiger partial charge in [0.15, 0.2) is 5.78 Å². The van der Waals surface area contributed by atoms with Crippen LogP contribution < -0.4 is 20.3 Å². The van der Waals surface area contributed by atoms with Crippen molar-refractivity contribution in [2.45, 2.75) is 46.6 Å². The Morgan fingerprint density at radius 2 is 1.81 bits per heavy atom. The monoisotopic (exact) mass is 590 g/mol. The highest BCUT2D eigenvalue weighted by atomic mass is 35.5. The van der Waals surface area contributed by atoms with E-state index in [1.54, 1.807) is 54.5 Å². The van der Waals surface area contributed by atoms with Crippen LogP contribution in [0.5, 0.6) is 11.5 Å². The Morgan fingerprint density at radius 1 is 1.05 bits per heavy atom. The summed E-state index contributed by atoms with van der Waals surface area (Å²) in [6.45, 7) is 6.14. The second kappa shape index (κ2) is 13.5. The molecule has 0 aliphatic carbocycles. The van der Waals surface area contributed by atoms with E-state index in [4.69, 9.17) is 21.1 Å². The number of carbonyl (C=O) groups excluding carboxylic acids is 2. The summed E-state index contributed by atoms with van der Waals surface area (Å²) in [5, 5.41) is 3.30. The quantitative estimate of drug-likeness (QED) is 0.185. The molecule has 0 fully saturated rings. The standard InChI is InChI=1S/C32H35ClN4O5/c1-5-41-28-14-13-22(33)18-25(28)27(38)15-16-32(2,3)19-29(39)35-30-26(21-42-24-12-9-17-34-20-24)36(4)37(31(30)40)23-10-7-6-8-11-23/h6-14,17-18,20H,5,15-16,19,21H2,1-4H3,(H,35,39). The van der Waals surface area contributed by atoms with Crippen LogP contribution in [-0.4, -0.2) is 32.6 Å². The molecule has 0 bridgehead atoms. The number of benzene rings is 2. The molecule has 0 aliphatic rings. The second-order valence-corrected chi connectivity index (χ2v) is 11.1. The van der Waals surface area contributed by atoms with Crippen LogP contribution in [-0.2, 0) is 18.4 Å². The van der Waals surface area contributed by atoms with Gasteiger partial charge in [-0.15, -0.1) is 0 Å². The Hall–Kier alpha value is -4.37. The van der Waals surface area contributed by atoms with Gasteiger partial charge in [0.2, 0.25) is 5.91 Å². The lowest BCUT2D eigenvalue weighted by molar-refractivity contribution is -0.118. The highest BCUT2D eigenvalue weighted by molar-refractivity contribution is 6.31. The van der Waals surface area contributed by atoms with Crippen LogP contribution in [0.3, 0.4) is 0 Å². The highest BCUT2D eigenvalue weighted by Gasteiger charge is 2.27. The zero-order valence-electron chi connectivity index (χ0n) is 24.2. The molecule has 42 heavy (non-hydrogen) atoms. The molecule has 9 nitrogen and oxygen atoms in total. The van der Waals surface area contributed by atoms with Crippen molar-refractivity contribution < 1.29 is 19.1 Å². The molecule has 2 heterocycles. The third-order valence-corrected chi connectivity index (χ3v) is 7.11. The maximum Gasteiger partial charge on any atom is 0.295 e. The summed E-state index contributed by atoms with van der Waals surface area (Å²) >= 11 is 6.13. The lowest BCUT2D eigenvalue weighted by atomic mass is 9.82. The van der Waals surface area contributed by atoms with Gasteiger partial charge < -0.3 is 14.8 Å². The Bertz CT molecular complexity index is 1600. The molecule has 0 unspecified atom stereocenters. The molecule has 0 saturated heterocycles. The summed E-state index contributed by atoms with van der Waals surface area (Å²) < 4.78 is 14.7. The van der Waals surface area contributed by atoms with Crippen molar-refractivity contribution in [3.8, 4) is 17.2 Å². The molecular weight excluding hydrogens is 556 g/mol. The van der Waals surface area contributed by atoms with Gasteiger partial charge in [-0.05, 0) is 61.2 Å². The number of hydrogen-bond donors (Lipinski definition) is 1. The molecule has 0 atom stereocenters. The molecule has 0 spiro atoms. The highest BCUT2D eigenvalue weighted by Crippen LogP contribution is 2.31. The van der Waals surface area contributed by atoms with Gasteiger partial charge in [-0.2, -0.15) is 0 Å². The fraction of sp³-hybridized carbons (Fsp3) is 0.312. The van der Waals surface area contributed by atoms with Gasteiger partial charge in [0, 0.05) is 31.1 Å². The molecule has 220 valence electrons. The van der Waals surface area contributed by atoms with Gasteiger partial charge in [-0.25, -0.2) is 4.68 Å². The van der Waals surface area contributed by atoms with Crippen molar-refractivity contribution in [3.63, 3.8) is 0 Å². The molecule has 1 amide bonds. The van der Waals surface area contributed by atoms with Crippen LogP contribution >= 0.6 is 11.6 Å². The molecule has 2 aromatic heterocycles. The summed E-state index contributed by atoms with van der Waals surface area (Å²) in [7, 11) is 1.74. The predicted octanol–water partition coefficient (Wildman–Crippen LogP) is 6.22. The largest absolute Gasteiger partial charge is 0.493 e. The number of hydrogen-bond acceptors (Lipinski definition) is 6. The first-order valence-electron chi connectivity index (χ1n) is 13.7. The van der Waals surface area contributed by atoms with Crippen LogP contribution in [0.2, 0.25) is 5.02 Å². The van der Waals surface area contributed by atoms with E-state index >= 15 is 0 Å². The molecule has 4 rings (SSSR count). The SMILES string of the molecule is CCOc1ccc(Cl)cc1C(=O)CCC(C)(C)CC(=O)Nc1c(COc2cccnc2)n(C)n(-c2ccccc2)c1=O. The Balaban J connectivity index is 1.51. The average Bonchev–Trinajstić information content (AvgIpc) is 3.20. The predicted molar refractivity (Wildman–Crippen MR) is 163 cm³/mol. The van der Waals surface area contributed by atoms with E-state index in [0.717, 1.165) is 0 Å². The Kier molecular flexibility index (Phi) is 9.85. The minimum atomic E-state index is -0.538. The van der Waals surface area contributed by atoms with Crippen molar-refractivity contribution in [1.29, 1.82) is 0 Å². The second-order valence-electron chi connectivity index (χ2n) is 10.7. The van der Waals surface area contributed by atoms with Gasteiger partial charge >= 0.3 is 0 Å². The maximum atomic E-state index is 13.6. The van der Waals surface area contributed by atoms with E-state index in [1.807, 2.05) is 51.1 Å². The molecule has 0 saturated carbocycles. The minimum absolute atomic E-state index is 0.0343. The lowest BCUT2D eigenvalue weighted by Crippen LogP contribution is -2.26. The zero-order chi connectivity index (χ0) is 30.3. The van der Waals surface area contributed by atoms with Crippen LogP contribution in [0.15, 0.2) is 77.9 Å². The molecule has 1 N–H and O–H groups in total. The fourth-order valence-electron chi connectivity index (χ4n) is 4.68. The number of carbonyl (C=O) groups is 2. The van der Waals surface area contributed by atoms with Crippen molar-refractivity contribution in [1.82, 2.24) is 14.3 Å². The van der Waals surface area contributed by atoms with Crippen molar-refractivity contribution >= 4 is 29.0 Å². The van der Waals surface area contributed by atoms with E-state index in [9.17, 15) is 14.4 Å². The van der Waals surface area contributed by atoms with Crippen molar-refractivity contribution in [3.05, 3.63) is 99.7 Å². The van der Waals surface area contributed by atoms with Crippen LogP contribution in [0, 0.1) is 5.41 Å². The lowest BCUT2D eigenvalue weighted by Gasteiger charge is -2.23. The number of nitrogens with one attached hydrogen (secondary N) is 1. The molecule has 2 aromatic carbocycles. The number of aromatic nitrogens is 3.